The van der Waals surface area contributed by atoms with Crippen molar-refractivity contribution in [1.29, 1.82) is 0 Å². The molecule has 0 aliphatic carbocycles. The van der Waals surface area contributed by atoms with Gasteiger partial charge in [0.15, 0.2) is 0 Å². The van der Waals surface area contributed by atoms with Crippen LogP contribution >= 0.6 is 24.0 Å². The van der Waals surface area contributed by atoms with Crippen LogP contribution in [-0.4, -0.2) is 37.0 Å². The first-order valence-electron chi connectivity index (χ1n) is 7.23. The van der Waals surface area contributed by atoms with Crippen LogP contribution in [0.2, 0.25) is 5.02 Å². The van der Waals surface area contributed by atoms with Crippen LogP contribution < -0.4 is 11.1 Å². The maximum atomic E-state index is 13.3. The molecule has 4 nitrogen and oxygen atoms in total. The van der Waals surface area contributed by atoms with Crippen LogP contribution in [0.5, 0.6) is 0 Å². The number of hydrogen-bond acceptors (Lipinski definition) is 3. The number of hydrogen-bond donors (Lipinski definition) is 2. The number of rotatable bonds is 5. The number of nitrogens with one attached hydrogen (secondary N) is 1. The molecule has 1 atom stereocenters. The Labute approximate surface area is 141 Å². The quantitative estimate of drug-likeness (QED) is 0.856. The molecular formula is C15H22Cl2FN3O. The van der Waals surface area contributed by atoms with E-state index in [0.29, 0.717) is 31.2 Å². The summed E-state index contributed by atoms with van der Waals surface area (Å²) in [6.45, 7) is 3.16. The molecule has 1 aromatic carbocycles. The van der Waals surface area contributed by atoms with Crippen LogP contribution in [0.15, 0.2) is 18.2 Å². The first-order valence-corrected chi connectivity index (χ1v) is 7.61. The van der Waals surface area contributed by atoms with Gasteiger partial charge in [0.1, 0.15) is 5.82 Å². The van der Waals surface area contributed by atoms with Crippen LogP contribution in [0.1, 0.15) is 18.4 Å². The van der Waals surface area contributed by atoms with Crippen LogP contribution in [-0.2, 0) is 11.3 Å². The van der Waals surface area contributed by atoms with Crippen molar-refractivity contribution < 1.29 is 9.18 Å². The Hall–Kier alpha value is -0.880. The molecule has 0 spiro atoms. The normalized spacial score (nSPS) is 18.6. The lowest BCUT2D eigenvalue weighted by Gasteiger charge is -2.32. The first-order chi connectivity index (χ1) is 10.1. The van der Waals surface area contributed by atoms with Crippen LogP contribution in [0.4, 0.5) is 4.39 Å². The molecular weight excluding hydrogens is 328 g/mol. The number of halogens is 3. The number of carbonyl (C=O) groups excluding carboxylic acids is 1. The molecule has 1 aliphatic rings. The molecule has 0 radical (unpaired) electrons. The molecule has 0 saturated carbocycles. The maximum absolute atomic E-state index is 13.3. The van der Waals surface area contributed by atoms with Crippen LogP contribution in [0, 0.1) is 11.7 Å². The summed E-state index contributed by atoms with van der Waals surface area (Å²) in [5.74, 6) is -0.288. The highest BCUT2D eigenvalue weighted by atomic mass is 35.5. The Morgan fingerprint density at radius 3 is 2.91 bits per heavy atom. The Bertz CT molecular complexity index is 481. The van der Waals surface area contributed by atoms with E-state index in [4.69, 9.17) is 17.3 Å². The molecule has 1 aromatic rings. The molecule has 1 unspecified atom stereocenters. The maximum Gasteiger partial charge on any atom is 0.224 e. The van der Waals surface area contributed by atoms with E-state index in [1.807, 2.05) is 0 Å². The van der Waals surface area contributed by atoms with Gasteiger partial charge in [-0.15, -0.1) is 12.4 Å². The highest BCUT2D eigenvalue weighted by molar-refractivity contribution is 6.30. The number of amides is 1. The van der Waals surface area contributed by atoms with Gasteiger partial charge in [0.2, 0.25) is 5.91 Å². The van der Waals surface area contributed by atoms with Gasteiger partial charge in [-0.3, -0.25) is 9.69 Å². The molecule has 1 heterocycles. The minimum absolute atomic E-state index is 0. The van der Waals surface area contributed by atoms with E-state index in [1.54, 1.807) is 6.07 Å². The molecule has 1 aliphatic heterocycles. The highest BCUT2D eigenvalue weighted by Crippen LogP contribution is 2.21. The van der Waals surface area contributed by atoms with Crippen molar-refractivity contribution in [3.8, 4) is 0 Å². The lowest BCUT2D eigenvalue weighted by atomic mass is 9.96. The fourth-order valence-corrected chi connectivity index (χ4v) is 2.96. The topological polar surface area (TPSA) is 58.4 Å². The molecule has 0 aromatic heterocycles. The van der Waals surface area contributed by atoms with Crippen LogP contribution in [0.3, 0.4) is 0 Å². The van der Waals surface area contributed by atoms with Gasteiger partial charge in [0.25, 0.3) is 0 Å². The van der Waals surface area contributed by atoms with Gasteiger partial charge in [-0.2, -0.15) is 0 Å². The number of nitrogens with zero attached hydrogens (tertiary/aromatic N) is 1. The molecule has 2 rings (SSSR count). The third-order valence-electron chi connectivity index (χ3n) is 3.65. The summed E-state index contributed by atoms with van der Waals surface area (Å²) < 4.78 is 13.3. The van der Waals surface area contributed by atoms with Crippen molar-refractivity contribution in [1.82, 2.24) is 10.2 Å². The second-order valence-electron chi connectivity index (χ2n) is 5.43. The third kappa shape index (κ3) is 5.72. The molecule has 0 bridgehead atoms. The third-order valence-corrected chi connectivity index (χ3v) is 3.87. The van der Waals surface area contributed by atoms with Gasteiger partial charge in [-0.1, -0.05) is 11.6 Å². The highest BCUT2D eigenvalue weighted by Gasteiger charge is 2.25. The van der Waals surface area contributed by atoms with Crippen molar-refractivity contribution in [3.63, 3.8) is 0 Å². The van der Waals surface area contributed by atoms with E-state index in [0.717, 1.165) is 24.9 Å². The van der Waals surface area contributed by atoms with Gasteiger partial charge in [-0.25, -0.2) is 4.39 Å². The molecule has 7 heteroatoms. The number of piperidine rings is 1. The molecule has 22 heavy (non-hydrogen) atoms. The van der Waals surface area contributed by atoms with E-state index < -0.39 is 0 Å². The standard InChI is InChI=1S/C15H21ClFN3O.ClH/c16-13-6-11(7-14(17)8-13)9-20-5-1-2-12(10-20)15(21)19-4-3-18;/h6-8,12H,1-5,9-10,18H2,(H,19,21);1H. The Morgan fingerprint density at radius 1 is 1.45 bits per heavy atom. The fraction of sp³-hybridized carbons (Fsp3) is 0.533. The summed E-state index contributed by atoms with van der Waals surface area (Å²) in [7, 11) is 0. The molecule has 1 fully saturated rings. The number of nitrogens with two attached hydrogens (primary N) is 1. The fourth-order valence-electron chi connectivity index (χ4n) is 2.71. The summed E-state index contributed by atoms with van der Waals surface area (Å²) in [5, 5.41) is 3.24. The van der Waals surface area contributed by atoms with E-state index in [1.165, 1.54) is 12.1 Å². The van der Waals surface area contributed by atoms with Crippen molar-refractivity contribution >= 4 is 29.9 Å². The summed E-state index contributed by atoms with van der Waals surface area (Å²) in [6, 6.07) is 4.55. The summed E-state index contributed by atoms with van der Waals surface area (Å²) in [4.78, 5) is 14.2. The predicted molar refractivity (Wildman–Crippen MR) is 88.7 cm³/mol. The second kappa shape index (κ2) is 9.30. The summed E-state index contributed by atoms with van der Waals surface area (Å²) in [5.41, 5.74) is 6.23. The second-order valence-corrected chi connectivity index (χ2v) is 5.87. The summed E-state index contributed by atoms with van der Waals surface area (Å²) >= 11 is 5.87. The zero-order valence-corrected chi connectivity index (χ0v) is 13.9. The van der Waals surface area contributed by atoms with Crippen molar-refractivity contribution in [3.05, 3.63) is 34.6 Å². The van der Waals surface area contributed by atoms with Crippen molar-refractivity contribution in [2.24, 2.45) is 11.7 Å². The average molecular weight is 350 g/mol. The van der Waals surface area contributed by atoms with Gasteiger partial charge >= 0.3 is 0 Å². The van der Waals surface area contributed by atoms with E-state index in [9.17, 15) is 9.18 Å². The SMILES string of the molecule is Cl.NCCNC(=O)C1CCCN(Cc2cc(F)cc(Cl)c2)C1. The predicted octanol–water partition coefficient (Wildman–Crippen LogP) is 2.19. The molecule has 124 valence electrons. The monoisotopic (exact) mass is 349 g/mol. The minimum Gasteiger partial charge on any atom is -0.355 e. The van der Waals surface area contributed by atoms with Gasteiger partial charge in [-0.05, 0) is 43.1 Å². The van der Waals surface area contributed by atoms with Crippen LogP contribution in [0.25, 0.3) is 0 Å². The van der Waals surface area contributed by atoms with Gasteiger partial charge in [0.05, 0.1) is 5.92 Å². The Morgan fingerprint density at radius 2 is 2.23 bits per heavy atom. The Kier molecular flexibility index (Phi) is 8.10. The van der Waals surface area contributed by atoms with Crippen molar-refractivity contribution in [2.45, 2.75) is 19.4 Å². The Balaban J connectivity index is 0.00000242. The van der Waals surface area contributed by atoms with E-state index >= 15 is 0 Å². The zero-order valence-electron chi connectivity index (χ0n) is 12.4. The van der Waals surface area contributed by atoms with E-state index in [-0.39, 0.29) is 30.0 Å². The van der Waals surface area contributed by atoms with Gasteiger partial charge in [0, 0.05) is 31.2 Å². The number of benzene rings is 1. The minimum atomic E-state index is -0.327. The molecule has 1 saturated heterocycles. The lowest BCUT2D eigenvalue weighted by molar-refractivity contribution is -0.126. The smallest absolute Gasteiger partial charge is 0.224 e. The number of likely N-dealkylation sites (tertiary alicyclic amines) is 1. The average Bonchev–Trinajstić information content (AvgIpc) is 2.44. The molecule has 1 amide bonds. The number of carbonyl (C=O) groups is 1. The zero-order chi connectivity index (χ0) is 15.2. The lowest BCUT2D eigenvalue weighted by Crippen LogP contribution is -2.43. The molecule has 3 N–H and O–H groups in total. The summed E-state index contributed by atoms with van der Waals surface area (Å²) in [6.07, 6.45) is 1.85. The first kappa shape index (κ1) is 19.2. The largest absolute Gasteiger partial charge is 0.355 e. The van der Waals surface area contributed by atoms with Crippen molar-refractivity contribution in [2.75, 3.05) is 26.2 Å². The van der Waals surface area contributed by atoms with Gasteiger partial charge < -0.3 is 11.1 Å². The van der Waals surface area contributed by atoms with E-state index in [2.05, 4.69) is 10.2 Å².